The first-order valence-corrected chi connectivity index (χ1v) is 14.9. The highest BCUT2D eigenvalue weighted by Crippen LogP contribution is 2.36. The first-order valence-electron chi connectivity index (χ1n) is 14.0. The molecule has 0 fully saturated rings. The van der Waals surface area contributed by atoms with Gasteiger partial charge in [-0.1, -0.05) is 49.0 Å². The summed E-state index contributed by atoms with van der Waals surface area (Å²) >= 11 is 1.22. The summed E-state index contributed by atoms with van der Waals surface area (Å²) in [4.78, 5) is 50.6. The van der Waals surface area contributed by atoms with Crippen molar-refractivity contribution in [3.05, 3.63) is 83.9 Å². The summed E-state index contributed by atoms with van der Waals surface area (Å²) in [5, 5.41) is 5.71. The molecule has 43 heavy (non-hydrogen) atoms. The van der Waals surface area contributed by atoms with Crippen molar-refractivity contribution < 1.29 is 23.9 Å². The third-order valence-electron chi connectivity index (χ3n) is 7.09. The van der Waals surface area contributed by atoms with Gasteiger partial charge in [0.25, 0.3) is 5.91 Å². The second kappa shape index (κ2) is 13.6. The number of rotatable bonds is 11. The molecule has 0 spiro atoms. The monoisotopic (exact) mass is 599 g/mol. The topological polar surface area (TPSA) is 122 Å². The highest BCUT2D eigenvalue weighted by atomic mass is 32.2. The molecule has 222 valence electrons. The van der Waals surface area contributed by atoms with Gasteiger partial charge in [-0.15, -0.1) is 0 Å². The molecule has 0 bridgehead atoms. The maximum Gasteiger partial charge on any atom is 0.259 e. The number of carbonyl (C=O) groups is 3. The minimum Gasteiger partial charge on any atom is -0.497 e. The molecule has 0 saturated carbocycles. The smallest absolute Gasteiger partial charge is 0.259 e. The molecule has 2 N–H and O–H groups in total. The summed E-state index contributed by atoms with van der Waals surface area (Å²) in [6.45, 7) is 2.29. The van der Waals surface area contributed by atoms with Crippen LogP contribution < -0.4 is 20.1 Å². The number of anilines is 1. The fourth-order valence-electron chi connectivity index (χ4n) is 4.74. The number of nitrogens with one attached hydrogen (secondary N) is 2. The average Bonchev–Trinajstić information content (AvgIpc) is 3.38. The van der Waals surface area contributed by atoms with E-state index in [2.05, 4.69) is 10.6 Å². The van der Waals surface area contributed by atoms with Crippen LogP contribution in [0.3, 0.4) is 0 Å². The predicted molar refractivity (Wildman–Crippen MR) is 168 cm³/mol. The molecule has 2 atom stereocenters. The molecule has 11 heteroatoms. The van der Waals surface area contributed by atoms with Crippen molar-refractivity contribution in [3.63, 3.8) is 0 Å². The van der Waals surface area contributed by atoms with Gasteiger partial charge >= 0.3 is 0 Å². The Kier molecular flexibility index (Phi) is 9.41. The van der Waals surface area contributed by atoms with Crippen molar-refractivity contribution in [3.8, 4) is 11.5 Å². The fourth-order valence-corrected chi connectivity index (χ4v) is 5.76. The van der Waals surface area contributed by atoms with Gasteiger partial charge in [-0.2, -0.15) is 0 Å². The number of fused-ring (bicyclic) bond motifs is 3. The van der Waals surface area contributed by atoms with E-state index in [9.17, 15) is 14.4 Å². The summed E-state index contributed by atoms with van der Waals surface area (Å²) in [6.07, 6.45) is 0.896. The molecule has 0 saturated heterocycles. The van der Waals surface area contributed by atoms with Gasteiger partial charge in [-0.3, -0.25) is 19.4 Å². The van der Waals surface area contributed by atoms with E-state index < -0.39 is 11.3 Å². The molecular weight excluding hydrogens is 566 g/mol. The van der Waals surface area contributed by atoms with Crippen LogP contribution in [0.15, 0.2) is 82.8 Å². The van der Waals surface area contributed by atoms with Gasteiger partial charge in [0, 0.05) is 30.3 Å². The van der Waals surface area contributed by atoms with Gasteiger partial charge in [0.05, 0.1) is 25.2 Å². The Bertz CT molecular complexity index is 1570. The zero-order valence-corrected chi connectivity index (χ0v) is 25.0. The Morgan fingerprint density at radius 1 is 1.00 bits per heavy atom. The van der Waals surface area contributed by atoms with Crippen LogP contribution in [0.4, 0.5) is 11.4 Å². The van der Waals surface area contributed by atoms with Gasteiger partial charge in [0.2, 0.25) is 11.8 Å². The van der Waals surface area contributed by atoms with E-state index in [0.717, 1.165) is 16.9 Å². The largest absolute Gasteiger partial charge is 0.497 e. The van der Waals surface area contributed by atoms with Crippen molar-refractivity contribution in [2.24, 2.45) is 9.98 Å². The molecule has 10 nitrogen and oxygen atoms in total. The van der Waals surface area contributed by atoms with Crippen molar-refractivity contribution >= 4 is 51.9 Å². The molecule has 2 aliphatic rings. The number of benzene rings is 3. The van der Waals surface area contributed by atoms with E-state index in [1.54, 1.807) is 38.5 Å². The van der Waals surface area contributed by atoms with Crippen molar-refractivity contribution in [2.45, 2.75) is 44.0 Å². The number of nitrogens with zero attached hydrogens (tertiary/aromatic N) is 3. The highest BCUT2D eigenvalue weighted by molar-refractivity contribution is 8.15. The average molecular weight is 600 g/mol. The number of hydrogen-bond donors (Lipinski definition) is 2. The Hall–Kier alpha value is -4.64. The number of thioether (sulfide) groups is 1. The third-order valence-corrected chi connectivity index (χ3v) is 8.41. The van der Waals surface area contributed by atoms with E-state index in [1.165, 1.54) is 16.7 Å². The van der Waals surface area contributed by atoms with Gasteiger partial charge in [0.1, 0.15) is 23.4 Å². The van der Waals surface area contributed by atoms with Gasteiger partial charge in [0.15, 0.2) is 5.17 Å². The molecule has 5 rings (SSSR count). The summed E-state index contributed by atoms with van der Waals surface area (Å²) in [5.41, 5.74) is 2.97. The lowest BCUT2D eigenvalue weighted by Gasteiger charge is -2.27. The zero-order valence-electron chi connectivity index (χ0n) is 24.2. The quantitative estimate of drug-likeness (QED) is 0.323. The first kappa shape index (κ1) is 29.8. The summed E-state index contributed by atoms with van der Waals surface area (Å²) < 4.78 is 10.4. The Morgan fingerprint density at radius 2 is 1.77 bits per heavy atom. The van der Waals surface area contributed by atoms with E-state index >= 15 is 0 Å². The second-order valence-corrected chi connectivity index (χ2v) is 11.1. The van der Waals surface area contributed by atoms with Gasteiger partial charge in [-0.25, -0.2) is 9.89 Å². The molecular formula is C32H33N5O5S. The molecule has 3 aromatic rings. The molecule has 0 radical (unpaired) electrons. The van der Waals surface area contributed by atoms with Crippen LogP contribution in [0, 0.1) is 0 Å². The number of ether oxygens (including phenoxy) is 2. The molecule has 3 amide bonds. The maximum absolute atomic E-state index is 13.7. The number of methoxy groups -OCH3 is 2. The second-order valence-electron chi connectivity index (χ2n) is 9.95. The predicted octanol–water partition coefficient (Wildman–Crippen LogP) is 4.91. The van der Waals surface area contributed by atoms with Crippen LogP contribution in [0.25, 0.3) is 0 Å². The first-order chi connectivity index (χ1) is 20.9. The Labute approximate surface area is 254 Å². The lowest BCUT2D eigenvalue weighted by molar-refractivity contribution is -0.125. The van der Waals surface area contributed by atoms with Crippen LogP contribution in [-0.2, 0) is 20.9 Å². The van der Waals surface area contributed by atoms with E-state index in [4.69, 9.17) is 19.5 Å². The Balaban J connectivity index is 1.27. The normalized spacial score (nSPS) is 15.9. The van der Waals surface area contributed by atoms with Crippen LogP contribution in [0.1, 0.15) is 37.3 Å². The molecule has 0 aliphatic carbocycles. The van der Waals surface area contributed by atoms with Crippen LogP contribution >= 0.6 is 11.8 Å². The SMILES string of the molecule is CC[C@H](SC1=Nc2ccccc2C2=N[C@@H](CCC(=O)NCc3ccc(OC)cc3)C(=O)N12)C(=O)Nc1cccc(OC)c1. The molecule has 2 heterocycles. The van der Waals surface area contributed by atoms with Crippen molar-refractivity contribution in [1.82, 2.24) is 10.2 Å². The summed E-state index contributed by atoms with van der Waals surface area (Å²) in [7, 11) is 3.17. The van der Waals surface area contributed by atoms with E-state index in [0.29, 0.717) is 41.1 Å². The summed E-state index contributed by atoms with van der Waals surface area (Å²) in [5.74, 6) is 1.23. The number of hydrogen-bond acceptors (Lipinski definition) is 8. The third kappa shape index (κ3) is 6.89. The minimum absolute atomic E-state index is 0.138. The van der Waals surface area contributed by atoms with Crippen LogP contribution in [0.2, 0.25) is 0 Å². The van der Waals surface area contributed by atoms with Crippen molar-refractivity contribution in [1.29, 1.82) is 0 Å². The Morgan fingerprint density at radius 3 is 2.51 bits per heavy atom. The lowest BCUT2D eigenvalue weighted by atomic mass is 10.1. The molecule has 3 aromatic carbocycles. The fraction of sp³-hybridized carbons (Fsp3) is 0.281. The van der Waals surface area contributed by atoms with Crippen LogP contribution in [-0.4, -0.2) is 59.1 Å². The zero-order chi connectivity index (χ0) is 30.3. The molecule has 2 aliphatic heterocycles. The standard InChI is InChI=1S/C32H33N5O5S/c1-4-27(30(39)34-21-8-7-9-23(18-21)42-3)43-32-36-25-11-6-5-10-24(25)29-35-26(31(40)37(29)32)16-17-28(38)33-19-20-12-14-22(41-2)15-13-20/h5-15,18,26-27H,4,16-17,19H2,1-3H3,(H,33,38)(H,34,39)/t26-,27-/m0/s1. The van der Waals surface area contributed by atoms with Gasteiger partial charge in [-0.05, 0) is 54.8 Å². The number of amidine groups is 2. The van der Waals surface area contributed by atoms with E-state index in [-0.39, 0.29) is 30.6 Å². The van der Waals surface area contributed by atoms with Crippen molar-refractivity contribution in [2.75, 3.05) is 19.5 Å². The molecule has 0 aromatic heterocycles. The molecule has 0 unspecified atom stereocenters. The highest BCUT2D eigenvalue weighted by Gasteiger charge is 2.42. The minimum atomic E-state index is -0.732. The maximum atomic E-state index is 13.7. The number of aliphatic imine (C=N–C) groups is 2. The van der Waals surface area contributed by atoms with Gasteiger partial charge < -0.3 is 20.1 Å². The number of carbonyl (C=O) groups excluding carboxylic acids is 3. The number of amides is 3. The van der Waals surface area contributed by atoms with E-state index in [1.807, 2.05) is 55.5 Å². The lowest BCUT2D eigenvalue weighted by Crippen LogP contribution is -2.42. The van der Waals surface area contributed by atoms with Crippen LogP contribution in [0.5, 0.6) is 11.5 Å². The number of para-hydroxylation sites is 1. The summed E-state index contributed by atoms with van der Waals surface area (Å²) in [6, 6.07) is 21.3.